The molecule has 0 atom stereocenters. The summed E-state index contributed by atoms with van der Waals surface area (Å²) in [7, 11) is 3.40. The number of aromatic nitrogens is 3. The number of aromatic amines is 1. The minimum atomic E-state index is -0.109. The van der Waals surface area contributed by atoms with E-state index in [9.17, 15) is 4.79 Å². The zero-order valence-corrected chi connectivity index (χ0v) is 9.25. The first-order valence-electron chi connectivity index (χ1n) is 3.91. The Labute approximate surface area is 88.4 Å². The van der Waals surface area contributed by atoms with Gasteiger partial charge in [0.2, 0.25) is 0 Å². The van der Waals surface area contributed by atoms with Crippen LogP contribution in [0.5, 0.6) is 0 Å². The predicted molar refractivity (Wildman–Crippen MR) is 59.6 cm³/mol. The van der Waals surface area contributed by atoms with Crippen molar-refractivity contribution in [2.24, 2.45) is 7.05 Å². The normalized spacial score (nSPS) is 10.7. The van der Waals surface area contributed by atoms with E-state index in [0.717, 1.165) is 0 Å². The van der Waals surface area contributed by atoms with E-state index < -0.39 is 0 Å². The molecular formula is C7H8N4OS2. The number of anilines is 1. The lowest BCUT2D eigenvalue weighted by Gasteiger charge is -1.95. The molecule has 0 bridgehead atoms. The van der Waals surface area contributed by atoms with E-state index in [1.807, 2.05) is 0 Å². The maximum absolute atomic E-state index is 11.7. The van der Waals surface area contributed by atoms with Crippen molar-refractivity contribution >= 4 is 39.0 Å². The molecule has 2 N–H and O–H groups in total. The molecule has 0 spiro atoms. The van der Waals surface area contributed by atoms with Gasteiger partial charge in [-0.05, 0) is 12.2 Å². The van der Waals surface area contributed by atoms with E-state index in [1.165, 1.54) is 15.9 Å². The standard InChI is InChI=1S/C7H8N4OS2/c1-8-6-9-4-3(14-6)5(12)11(2)7(13)10-4/h1-2H3,(H,8,9)(H,10,13). The predicted octanol–water partition coefficient (Wildman–Crippen LogP) is 1.09. The van der Waals surface area contributed by atoms with Crippen molar-refractivity contribution in [1.82, 2.24) is 14.5 Å². The molecule has 0 aliphatic heterocycles. The lowest BCUT2D eigenvalue weighted by Crippen LogP contribution is -2.17. The molecular weight excluding hydrogens is 220 g/mol. The topological polar surface area (TPSA) is 62.7 Å². The summed E-state index contributed by atoms with van der Waals surface area (Å²) in [6, 6.07) is 0. The molecule has 5 nitrogen and oxygen atoms in total. The molecule has 2 heterocycles. The van der Waals surface area contributed by atoms with E-state index in [4.69, 9.17) is 12.2 Å². The van der Waals surface area contributed by atoms with Gasteiger partial charge in [-0.3, -0.25) is 9.36 Å². The van der Waals surface area contributed by atoms with Crippen LogP contribution in [0.25, 0.3) is 10.3 Å². The fourth-order valence-corrected chi connectivity index (χ4v) is 2.12. The van der Waals surface area contributed by atoms with Gasteiger partial charge in [-0.25, -0.2) is 4.98 Å². The van der Waals surface area contributed by atoms with Crippen LogP contribution in [0.2, 0.25) is 0 Å². The fourth-order valence-electron chi connectivity index (χ4n) is 1.09. The molecule has 0 amide bonds. The molecule has 0 saturated carbocycles. The number of nitrogens with zero attached hydrogens (tertiary/aromatic N) is 2. The summed E-state index contributed by atoms with van der Waals surface area (Å²) < 4.78 is 2.37. The Morgan fingerprint density at radius 3 is 3.00 bits per heavy atom. The highest BCUT2D eigenvalue weighted by molar-refractivity contribution is 7.71. The maximum Gasteiger partial charge on any atom is 0.273 e. The average Bonchev–Trinajstić information content (AvgIpc) is 2.57. The average molecular weight is 228 g/mol. The molecule has 0 aromatic carbocycles. The molecule has 2 aromatic rings. The Balaban J connectivity index is 2.95. The molecule has 0 aliphatic rings. The number of H-pyrrole nitrogens is 1. The van der Waals surface area contributed by atoms with E-state index in [1.54, 1.807) is 14.1 Å². The Morgan fingerprint density at radius 1 is 1.64 bits per heavy atom. The largest absolute Gasteiger partial charge is 0.365 e. The van der Waals surface area contributed by atoms with Gasteiger partial charge in [0, 0.05) is 14.1 Å². The van der Waals surface area contributed by atoms with Gasteiger partial charge in [0.25, 0.3) is 5.56 Å². The third kappa shape index (κ3) is 1.25. The quantitative estimate of drug-likeness (QED) is 0.717. The summed E-state index contributed by atoms with van der Waals surface area (Å²) in [5.41, 5.74) is 0.440. The zero-order valence-electron chi connectivity index (χ0n) is 7.62. The van der Waals surface area contributed by atoms with Gasteiger partial charge in [-0.1, -0.05) is 11.3 Å². The van der Waals surface area contributed by atoms with Crippen LogP contribution < -0.4 is 10.9 Å². The van der Waals surface area contributed by atoms with Crippen LogP contribution in [-0.4, -0.2) is 21.6 Å². The molecule has 0 unspecified atom stereocenters. The number of hydrogen-bond acceptors (Lipinski definition) is 5. The minimum Gasteiger partial charge on any atom is -0.365 e. The highest BCUT2D eigenvalue weighted by atomic mass is 32.1. The van der Waals surface area contributed by atoms with Crippen molar-refractivity contribution in [1.29, 1.82) is 0 Å². The van der Waals surface area contributed by atoms with E-state index in [0.29, 0.717) is 20.2 Å². The van der Waals surface area contributed by atoms with Gasteiger partial charge in [-0.15, -0.1) is 0 Å². The van der Waals surface area contributed by atoms with Crippen LogP contribution in [0.3, 0.4) is 0 Å². The second-order valence-corrected chi connectivity index (χ2v) is 4.13. The highest BCUT2D eigenvalue weighted by Crippen LogP contribution is 2.20. The Bertz CT molecular complexity index is 594. The summed E-state index contributed by atoms with van der Waals surface area (Å²) in [6.07, 6.45) is 0. The summed E-state index contributed by atoms with van der Waals surface area (Å²) in [5.74, 6) is 0. The van der Waals surface area contributed by atoms with Crippen LogP contribution in [0.15, 0.2) is 4.79 Å². The first-order chi connectivity index (χ1) is 6.63. The van der Waals surface area contributed by atoms with Gasteiger partial charge in [0.05, 0.1) is 0 Å². The zero-order chi connectivity index (χ0) is 10.3. The summed E-state index contributed by atoms with van der Waals surface area (Å²) in [4.78, 5) is 18.8. The van der Waals surface area contributed by atoms with Crippen LogP contribution in [-0.2, 0) is 7.05 Å². The summed E-state index contributed by atoms with van der Waals surface area (Å²) >= 11 is 6.28. The lowest BCUT2D eigenvalue weighted by molar-refractivity contribution is 0.824. The van der Waals surface area contributed by atoms with Crippen molar-refractivity contribution < 1.29 is 0 Å². The number of hydrogen-bond donors (Lipinski definition) is 2. The van der Waals surface area contributed by atoms with Crippen LogP contribution >= 0.6 is 23.6 Å². The van der Waals surface area contributed by atoms with E-state index in [-0.39, 0.29) is 5.56 Å². The van der Waals surface area contributed by atoms with Crippen LogP contribution in [0, 0.1) is 4.77 Å². The number of nitrogens with one attached hydrogen (secondary N) is 2. The maximum atomic E-state index is 11.7. The van der Waals surface area contributed by atoms with Crippen molar-refractivity contribution in [3.8, 4) is 0 Å². The van der Waals surface area contributed by atoms with E-state index >= 15 is 0 Å². The molecule has 0 fully saturated rings. The minimum absolute atomic E-state index is 0.109. The van der Waals surface area contributed by atoms with Gasteiger partial charge < -0.3 is 10.3 Å². The number of thiazole rings is 1. The van der Waals surface area contributed by atoms with Gasteiger partial charge >= 0.3 is 0 Å². The smallest absolute Gasteiger partial charge is 0.273 e. The number of fused-ring (bicyclic) bond motifs is 1. The molecule has 74 valence electrons. The van der Waals surface area contributed by atoms with Crippen molar-refractivity contribution in [3.63, 3.8) is 0 Å². The first kappa shape index (κ1) is 9.35. The van der Waals surface area contributed by atoms with Gasteiger partial charge in [-0.2, -0.15) is 0 Å². The monoisotopic (exact) mass is 228 g/mol. The van der Waals surface area contributed by atoms with Crippen LogP contribution in [0.1, 0.15) is 0 Å². The molecule has 0 aliphatic carbocycles. The van der Waals surface area contributed by atoms with Gasteiger partial charge in [0.15, 0.2) is 15.5 Å². The Kier molecular flexibility index (Phi) is 2.12. The molecule has 0 saturated heterocycles. The fraction of sp³-hybridized carbons (Fsp3) is 0.286. The Morgan fingerprint density at radius 2 is 2.36 bits per heavy atom. The van der Waals surface area contributed by atoms with Crippen LogP contribution in [0.4, 0.5) is 5.13 Å². The molecule has 2 aromatic heterocycles. The van der Waals surface area contributed by atoms with Crippen molar-refractivity contribution in [2.45, 2.75) is 0 Å². The Hall–Kier alpha value is -1.21. The van der Waals surface area contributed by atoms with Crippen molar-refractivity contribution in [3.05, 3.63) is 15.1 Å². The van der Waals surface area contributed by atoms with Crippen molar-refractivity contribution in [2.75, 3.05) is 12.4 Å². The third-order valence-corrected chi connectivity index (χ3v) is 3.31. The second kappa shape index (κ2) is 3.18. The molecule has 7 heteroatoms. The number of rotatable bonds is 1. The summed E-state index contributed by atoms with van der Waals surface area (Å²) in [6.45, 7) is 0. The third-order valence-electron chi connectivity index (χ3n) is 1.87. The van der Waals surface area contributed by atoms with Gasteiger partial charge in [0.1, 0.15) is 4.70 Å². The van der Waals surface area contributed by atoms with E-state index in [2.05, 4.69) is 15.3 Å². The first-order valence-corrected chi connectivity index (χ1v) is 5.13. The summed E-state index contributed by atoms with van der Waals surface area (Å²) in [5, 5.41) is 3.59. The SMILES string of the molecule is CNc1nc2[nH]c(=S)n(C)c(=O)c2s1. The molecule has 0 radical (unpaired) electrons. The lowest BCUT2D eigenvalue weighted by atomic mass is 10.6. The highest BCUT2D eigenvalue weighted by Gasteiger charge is 2.08. The molecule has 14 heavy (non-hydrogen) atoms. The second-order valence-electron chi connectivity index (χ2n) is 2.74. The molecule has 2 rings (SSSR count).